The molecule has 0 bridgehead atoms. The summed E-state index contributed by atoms with van der Waals surface area (Å²) in [6.45, 7) is 9.45. The number of anilines is 2. The number of alkyl carbamates (subject to hydrolysis) is 1. The molecule has 0 aromatic carbocycles. The van der Waals surface area contributed by atoms with Crippen molar-refractivity contribution in [2.24, 2.45) is 0 Å². The molecule has 0 radical (unpaired) electrons. The van der Waals surface area contributed by atoms with Gasteiger partial charge in [0.05, 0.1) is 31.5 Å². The van der Waals surface area contributed by atoms with E-state index in [0.717, 1.165) is 18.9 Å². The normalized spacial score (nSPS) is 16.1. The summed E-state index contributed by atoms with van der Waals surface area (Å²) < 4.78 is 59.5. The van der Waals surface area contributed by atoms with Gasteiger partial charge in [0, 0.05) is 58.2 Å². The number of piperazine rings is 1. The van der Waals surface area contributed by atoms with Gasteiger partial charge in [0.1, 0.15) is 23.5 Å². The van der Waals surface area contributed by atoms with Crippen LogP contribution in [0.15, 0.2) is 24.5 Å². The standard InChI is InChI=1S/C30H38F3N9O6/c1-29(2,3)48-27(44)35-16-24(43)40-7-5-39(6-8-40)17-19-13-22-26(41-9-11-47-12-10-41)37-25(38-42(22)18-19)20-15-34-23(36-28(45)46-4)14-21(20)30(31,32)33/h13-15,18H,5-12,16-17H2,1-4H3,(H,35,44)(H,34,36,45). The number of amides is 3. The van der Waals surface area contributed by atoms with Crippen LogP contribution in [0.5, 0.6) is 0 Å². The summed E-state index contributed by atoms with van der Waals surface area (Å²) in [5.74, 6) is -0.290. The van der Waals surface area contributed by atoms with E-state index in [1.165, 1.54) is 4.52 Å². The molecule has 5 rings (SSSR count). The molecule has 3 amide bonds. The number of hydrogen-bond acceptors (Lipinski definition) is 11. The fourth-order valence-corrected chi connectivity index (χ4v) is 5.33. The lowest BCUT2D eigenvalue weighted by atomic mass is 10.1. The number of nitrogens with zero attached hydrogens (tertiary/aromatic N) is 7. The molecular weight excluding hydrogens is 639 g/mol. The number of rotatable bonds is 7. The third-order valence-corrected chi connectivity index (χ3v) is 7.59. The summed E-state index contributed by atoms with van der Waals surface area (Å²) >= 11 is 0. The van der Waals surface area contributed by atoms with E-state index < -0.39 is 29.5 Å². The van der Waals surface area contributed by atoms with Crippen LogP contribution in [0.2, 0.25) is 0 Å². The molecule has 0 spiro atoms. The lowest BCUT2D eigenvalue weighted by molar-refractivity contribution is -0.137. The molecule has 2 fully saturated rings. The van der Waals surface area contributed by atoms with E-state index in [-0.39, 0.29) is 29.7 Å². The SMILES string of the molecule is COC(=O)Nc1cc(C(F)(F)F)c(-c2nc(N3CCOCC3)c3cc(CN4CCN(C(=O)CNC(=O)OC(C)(C)C)CC4)cn3n2)cn1. The number of ether oxygens (including phenoxy) is 3. The number of methoxy groups -OCH3 is 1. The van der Waals surface area contributed by atoms with Crippen molar-refractivity contribution in [2.75, 3.05) is 76.4 Å². The molecule has 2 aliphatic rings. The van der Waals surface area contributed by atoms with E-state index in [0.29, 0.717) is 76.4 Å². The number of fused-ring (bicyclic) bond motifs is 1. The van der Waals surface area contributed by atoms with Crippen LogP contribution < -0.4 is 15.5 Å². The lowest BCUT2D eigenvalue weighted by Crippen LogP contribution is -2.51. The van der Waals surface area contributed by atoms with Gasteiger partial charge in [-0.1, -0.05) is 0 Å². The third-order valence-electron chi connectivity index (χ3n) is 7.59. The Bertz CT molecular complexity index is 1650. The van der Waals surface area contributed by atoms with Gasteiger partial charge in [-0.2, -0.15) is 13.2 Å². The molecule has 3 aromatic heterocycles. The van der Waals surface area contributed by atoms with Crippen molar-refractivity contribution in [3.05, 3.63) is 35.7 Å². The van der Waals surface area contributed by atoms with Crippen molar-refractivity contribution in [3.8, 4) is 11.4 Å². The summed E-state index contributed by atoms with van der Waals surface area (Å²) in [6, 6.07) is 2.62. The number of pyridine rings is 1. The van der Waals surface area contributed by atoms with Gasteiger partial charge < -0.3 is 29.3 Å². The van der Waals surface area contributed by atoms with Crippen LogP contribution in [0, 0.1) is 0 Å². The van der Waals surface area contributed by atoms with E-state index in [2.05, 4.69) is 35.3 Å². The molecule has 0 saturated carbocycles. The highest BCUT2D eigenvalue weighted by molar-refractivity contribution is 5.84. The highest BCUT2D eigenvalue weighted by Gasteiger charge is 2.36. The number of halogens is 3. The number of carbonyl (C=O) groups excluding carboxylic acids is 3. The second-order valence-corrected chi connectivity index (χ2v) is 12.3. The van der Waals surface area contributed by atoms with E-state index in [9.17, 15) is 27.6 Å². The minimum atomic E-state index is -4.81. The molecular formula is C30H38F3N9O6. The first-order chi connectivity index (χ1) is 22.7. The largest absolute Gasteiger partial charge is 0.453 e. The zero-order chi connectivity index (χ0) is 34.6. The second kappa shape index (κ2) is 14.2. The van der Waals surface area contributed by atoms with Crippen molar-refractivity contribution in [2.45, 2.75) is 39.1 Å². The summed E-state index contributed by atoms with van der Waals surface area (Å²) in [6.07, 6.45) is -3.69. The molecule has 5 heterocycles. The van der Waals surface area contributed by atoms with Gasteiger partial charge in [0.25, 0.3) is 0 Å². The van der Waals surface area contributed by atoms with Crippen molar-refractivity contribution < 1.29 is 41.8 Å². The average molecular weight is 678 g/mol. The molecule has 0 atom stereocenters. The second-order valence-electron chi connectivity index (χ2n) is 12.3. The predicted molar refractivity (Wildman–Crippen MR) is 166 cm³/mol. The third kappa shape index (κ3) is 8.60. The predicted octanol–water partition coefficient (Wildman–Crippen LogP) is 2.99. The van der Waals surface area contributed by atoms with Crippen LogP contribution >= 0.6 is 0 Å². The summed E-state index contributed by atoms with van der Waals surface area (Å²) in [5, 5.41) is 9.12. The van der Waals surface area contributed by atoms with Gasteiger partial charge in [-0.05, 0) is 38.5 Å². The average Bonchev–Trinajstić information content (AvgIpc) is 3.45. The number of alkyl halides is 3. The van der Waals surface area contributed by atoms with E-state index >= 15 is 0 Å². The molecule has 0 aliphatic carbocycles. The van der Waals surface area contributed by atoms with Crippen molar-refractivity contribution in [1.29, 1.82) is 0 Å². The van der Waals surface area contributed by atoms with E-state index in [1.54, 1.807) is 31.9 Å². The maximum Gasteiger partial charge on any atom is 0.417 e. The van der Waals surface area contributed by atoms with Gasteiger partial charge in [-0.25, -0.2) is 24.1 Å². The van der Waals surface area contributed by atoms with Crippen molar-refractivity contribution >= 4 is 35.2 Å². The van der Waals surface area contributed by atoms with Crippen LogP contribution in [0.4, 0.5) is 34.4 Å². The van der Waals surface area contributed by atoms with Crippen LogP contribution in [-0.4, -0.2) is 119 Å². The zero-order valence-corrected chi connectivity index (χ0v) is 27.1. The molecule has 2 saturated heterocycles. The van der Waals surface area contributed by atoms with E-state index in [1.807, 2.05) is 11.0 Å². The van der Waals surface area contributed by atoms with Crippen LogP contribution in [-0.2, 0) is 31.7 Å². The Hall–Kier alpha value is -4.71. The Morgan fingerprint density at radius 3 is 2.35 bits per heavy atom. The molecule has 3 aromatic rings. The summed E-state index contributed by atoms with van der Waals surface area (Å²) in [4.78, 5) is 50.5. The molecule has 48 heavy (non-hydrogen) atoms. The highest BCUT2D eigenvalue weighted by Crippen LogP contribution is 2.38. The quantitative estimate of drug-likeness (QED) is 0.379. The van der Waals surface area contributed by atoms with Gasteiger partial charge in [-0.15, -0.1) is 5.10 Å². The Balaban J connectivity index is 1.35. The molecule has 18 heteroatoms. The molecule has 260 valence electrons. The minimum absolute atomic E-state index is 0.165. The maximum atomic E-state index is 14.3. The van der Waals surface area contributed by atoms with Crippen molar-refractivity contribution in [3.63, 3.8) is 0 Å². The molecule has 15 nitrogen and oxygen atoms in total. The monoisotopic (exact) mass is 677 g/mol. The van der Waals surface area contributed by atoms with Crippen LogP contribution in [0.25, 0.3) is 16.9 Å². The first-order valence-electron chi connectivity index (χ1n) is 15.3. The molecule has 2 N–H and O–H groups in total. The number of nitrogens with one attached hydrogen (secondary N) is 2. The Morgan fingerprint density at radius 2 is 1.71 bits per heavy atom. The smallest absolute Gasteiger partial charge is 0.417 e. The zero-order valence-electron chi connectivity index (χ0n) is 27.1. The van der Waals surface area contributed by atoms with E-state index in [4.69, 9.17) is 9.47 Å². The fraction of sp³-hybridized carbons (Fsp3) is 0.533. The Morgan fingerprint density at radius 1 is 1.00 bits per heavy atom. The first-order valence-corrected chi connectivity index (χ1v) is 15.3. The van der Waals surface area contributed by atoms with Crippen LogP contribution in [0.1, 0.15) is 31.9 Å². The summed E-state index contributed by atoms with van der Waals surface area (Å²) in [7, 11) is 1.09. The minimum Gasteiger partial charge on any atom is -0.453 e. The van der Waals surface area contributed by atoms with Crippen LogP contribution in [0.3, 0.4) is 0 Å². The number of aromatic nitrogens is 4. The maximum absolute atomic E-state index is 14.3. The fourth-order valence-electron chi connectivity index (χ4n) is 5.33. The molecule has 2 aliphatic heterocycles. The van der Waals surface area contributed by atoms with Crippen molar-refractivity contribution in [1.82, 2.24) is 34.7 Å². The van der Waals surface area contributed by atoms with Gasteiger partial charge >= 0.3 is 18.4 Å². The summed E-state index contributed by atoms with van der Waals surface area (Å²) in [5.41, 5.74) is -0.626. The lowest BCUT2D eigenvalue weighted by Gasteiger charge is -2.34. The van der Waals surface area contributed by atoms with Gasteiger partial charge in [-0.3, -0.25) is 15.0 Å². The van der Waals surface area contributed by atoms with Gasteiger partial charge in [0.15, 0.2) is 11.6 Å². The molecule has 0 unspecified atom stereocenters. The number of hydrogen-bond donors (Lipinski definition) is 2. The van der Waals surface area contributed by atoms with Gasteiger partial charge in [0.2, 0.25) is 5.91 Å². The topological polar surface area (TPSA) is 156 Å². The first kappa shape index (κ1) is 34.6. The highest BCUT2D eigenvalue weighted by atomic mass is 19.4. The Kier molecular flexibility index (Phi) is 10.2. The number of carbonyl (C=O) groups is 3. The number of morpholine rings is 1. The Labute approximate surface area is 274 Å².